The predicted octanol–water partition coefficient (Wildman–Crippen LogP) is 4.59. The number of aryl methyl sites for hydroxylation is 1. The van der Waals surface area contributed by atoms with Gasteiger partial charge in [0.15, 0.2) is 11.5 Å². The number of fused-ring (bicyclic) bond motifs is 4. The molecule has 0 bridgehead atoms. The topological polar surface area (TPSA) is 75.2 Å². The van der Waals surface area contributed by atoms with Gasteiger partial charge in [0.2, 0.25) is 6.79 Å². The normalized spacial score (nSPS) is 12.1. The molecule has 3 heterocycles. The number of nitrogens with zero attached hydrogens (tertiary/aromatic N) is 3. The molecule has 6 rings (SSSR count). The third-order valence-electron chi connectivity index (χ3n) is 5.98. The zero-order valence-corrected chi connectivity index (χ0v) is 18.5. The minimum atomic E-state index is 0.254. The van der Waals surface area contributed by atoms with Gasteiger partial charge in [0, 0.05) is 22.2 Å². The van der Waals surface area contributed by atoms with Crippen LogP contribution in [0.3, 0.4) is 0 Å². The second-order valence-electron chi connectivity index (χ2n) is 8.22. The minimum absolute atomic E-state index is 0.254. The van der Waals surface area contributed by atoms with Crippen LogP contribution in [0.2, 0.25) is 0 Å². The van der Waals surface area contributed by atoms with Crippen molar-refractivity contribution in [3.63, 3.8) is 0 Å². The summed E-state index contributed by atoms with van der Waals surface area (Å²) >= 11 is 0. The van der Waals surface area contributed by atoms with E-state index in [0.717, 1.165) is 63.1 Å². The second-order valence-corrected chi connectivity index (χ2v) is 8.22. The molecule has 3 aromatic carbocycles. The fourth-order valence-corrected chi connectivity index (χ4v) is 4.21. The fraction of sp³-hybridized carbons (Fsp3) is 0.143. The summed E-state index contributed by atoms with van der Waals surface area (Å²) in [7, 11) is 0. The molecule has 0 amide bonds. The SMILES string of the molecule is NCCCc1ccc(-n2cnc3cnc4ccc(C#Cc5ccc6c(c5)OCO6)cc4c32)cc1. The van der Waals surface area contributed by atoms with E-state index in [4.69, 9.17) is 15.2 Å². The van der Waals surface area contributed by atoms with E-state index in [1.54, 1.807) is 0 Å². The molecule has 0 unspecified atom stereocenters. The van der Waals surface area contributed by atoms with E-state index in [2.05, 4.69) is 56.7 Å². The van der Waals surface area contributed by atoms with Gasteiger partial charge in [-0.2, -0.15) is 0 Å². The van der Waals surface area contributed by atoms with Crippen LogP contribution in [0.25, 0.3) is 27.6 Å². The van der Waals surface area contributed by atoms with Gasteiger partial charge in [-0.25, -0.2) is 4.98 Å². The molecule has 2 N–H and O–H groups in total. The van der Waals surface area contributed by atoms with E-state index in [1.807, 2.05) is 42.9 Å². The molecule has 0 saturated carbocycles. The van der Waals surface area contributed by atoms with Crippen molar-refractivity contribution < 1.29 is 9.47 Å². The number of aromatic nitrogens is 3. The van der Waals surface area contributed by atoms with Gasteiger partial charge >= 0.3 is 0 Å². The quantitative estimate of drug-likeness (QED) is 0.409. The van der Waals surface area contributed by atoms with Gasteiger partial charge in [0.05, 0.1) is 17.2 Å². The zero-order chi connectivity index (χ0) is 22.9. The van der Waals surface area contributed by atoms with E-state index < -0.39 is 0 Å². The van der Waals surface area contributed by atoms with Crippen LogP contribution in [-0.2, 0) is 6.42 Å². The molecule has 6 nitrogen and oxygen atoms in total. The van der Waals surface area contributed by atoms with Gasteiger partial charge in [-0.3, -0.25) is 9.55 Å². The summed E-state index contributed by atoms with van der Waals surface area (Å²) in [5.41, 5.74) is 12.5. The molecule has 166 valence electrons. The molecule has 6 heteroatoms. The first-order valence-electron chi connectivity index (χ1n) is 11.3. The van der Waals surface area contributed by atoms with Crippen molar-refractivity contribution in [1.82, 2.24) is 14.5 Å². The summed E-state index contributed by atoms with van der Waals surface area (Å²) in [6.07, 6.45) is 5.65. The highest BCUT2D eigenvalue weighted by atomic mass is 16.7. The number of hydrogen-bond donors (Lipinski definition) is 1. The highest BCUT2D eigenvalue weighted by Crippen LogP contribution is 2.32. The van der Waals surface area contributed by atoms with Crippen molar-refractivity contribution >= 4 is 21.9 Å². The molecular weight excluding hydrogens is 424 g/mol. The molecule has 1 aliphatic rings. The molecule has 1 aliphatic heterocycles. The average Bonchev–Trinajstić information content (AvgIpc) is 3.53. The average molecular weight is 447 g/mol. The number of ether oxygens (including phenoxy) is 2. The molecular formula is C28H22N4O2. The second kappa shape index (κ2) is 8.54. The maximum absolute atomic E-state index is 5.65. The van der Waals surface area contributed by atoms with Crippen molar-refractivity contribution in [3.05, 3.63) is 89.9 Å². The van der Waals surface area contributed by atoms with E-state index in [1.165, 1.54) is 5.56 Å². The lowest BCUT2D eigenvalue weighted by Gasteiger charge is -2.08. The summed E-state index contributed by atoms with van der Waals surface area (Å²) in [5.74, 6) is 7.99. The smallest absolute Gasteiger partial charge is 0.231 e. The lowest BCUT2D eigenvalue weighted by Crippen LogP contribution is -2.00. The number of imidazole rings is 1. The highest BCUT2D eigenvalue weighted by Gasteiger charge is 2.13. The first kappa shape index (κ1) is 20.3. The fourth-order valence-electron chi connectivity index (χ4n) is 4.21. The molecule has 0 fully saturated rings. The summed E-state index contributed by atoms with van der Waals surface area (Å²) in [6, 6.07) is 20.4. The molecule has 0 spiro atoms. The van der Waals surface area contributed by atoms with Gasteiger partial charge in [-0.1, -0.05) is 24.0 Å². The van der Waals surface area contributed by atoms with E-state index >= 15 is 0 Å². The van der Waals surface area contributed by atoms with Crippen LogP contribution >= 0.6 is 0 Å². The van der Waals surface area contributed by atoms with Crippen molar-refractivity contribution in [2.24, 2.45) is 5.73 Å². The number of pyridine rings is 1. The molecule has 0 radical (unpaired) electrons. The van der Waals surface area contributed by atoms with Crippen LogP contribution in [0.15, 0.2) is 73.2 Å². The van der Waals surface area contributed by atoms with Gasteiger partial charge in [0.25, 0.3) is 0 Å². The maximum atomic E-state index is 5.65. The Morgan fingerprint density at radius 3 is 2.50 bits per heavy atom. The van der Waals surface area contributed by atoms with Crippen LogP contribution in [0.4, 0.5) is 0 Å². The molecule has 2 aromatic heterocycles. The Morgan fingerprint density at radius 1 is 0.853 bits per heavy atom. The summed E-state index contributed by atoms with van der Waals surface area (Å²) in [4.78, 5) is 9.19. The number of nitrogens with two attached hydrogens (primary N) is 1. The number of hydrogen-bond acceptors (Lipinski definition) is 5. The summed E-state index contributed by atoms with van der Waals surface area (Å²) in [5, 5.41) is 1.01. The summed E-state index contributed by atoms with van der Waals surface area (Å²) < 4.78 is 12.9. The predicted molar refractivity (Wildman–Crippen MR) is 132 cm³/mol. The van der Waals surface area contributed by atoms with Gasteiger partial charge < -0.3 is 15.2 Å². The monoisotopic (exact) mass is 446 g/mol. The Balaban J connectivity index is 1.39. The Bertz CT molecular complexity index is 1580. The Kier molecular flexibility index (Phi) is 5.10. The number of rotatable bonds is 4. The van der Waals surface area contributed by atoms with Crippen LogP contribution < -0.4 is 15.2 Å². The van der Waals surface area contributed by atoms with E-state index in [9.17, 15) is 0 Å². The van der Waals surface area contributed by atoms with Crippen molar-refractivity contribution in [1.29, 1.82) is 0 Å². The van der Waals surface area contributed by atoms with E-state index in [0.29, 0.717) is 6.54 Å². The lowest BCUT2D eigenvalue weighted by molar-refractivity contribution is 0.174. The van der Waals surface area contributed by atoms with Gasteiger partial charge in [-0.15, -0.1) is 0 Å². The first-order valence-corrected chi connectivity index (χ1v) is 11.3. The van der Waals surface area contributed by atoms with Gasteiger partial charge in [0.1, 0.15) is 11.8 Å². The summed E-state index contributed by atoms with van der Waals surface area (Å²) in [6.45, 7) is 0.955. The molecule has 0 atom stereocenters. The van der Waals surface area contributed by atoms with Crippen molar-refractivity contribution in [2.45, 2.75) is 12.8 Å². The first-order chi connectivity index (χ1) is 16.8. The zero-order valence-electron chi connectivity index (χ0n) is 18.5. The van der Waals surface area contributed by atoms with Gasteiger partial charge in [-0.05, 0) is 73.5 Å². The minimum Gasteiger partial charge on any atom is -0.454 e. The van der Waals surface area contributed by atoms with Crippen molar-refractivity contribution in [2.75, 3.05) is 13.3 Å². The third-order valence-corrected chi connectivity index (χ3v) is 5.98. The molecule has 34 heavy (non-hydrogen) atoms. The molecule has 0 saturated heterocycles. The van der Waals surface area contributed by atoms with Crippen LogP contribution in [0.1, 0.15) is 23.1 Å². The largest absolute Gasteiger partial charge is 0.454 e. The Labute approximate surface area is 197 Å². The van der Waals surface area contributed by atoms with Crippen LogP contribution in [-0.4, -0.2) is 27.9 Å². The maximum Gasteiger partial charge on any atom is 0.231 e. The standard InChI is InChI=1S/C28H22N4O2/c29-13-1-2-19-5-9-22(10-6-19)32-17-31-25-16-30-24-11-7-20(14-23(24)28(25)32)3-4-21-8-12-26-27(15-21)34-18-33-26/h5-12,14-17H,1-2,13,18,29H2. The Hall–Kier alpha value is -4.34. The number of benzene rings is 3. The lowest BCUT2D eigenvalue weighted by atomic mass is 10.1. The third kappa shape index (κ3) is 3.72. The Morgan fingerprint density at radius 2 is 1.65 bits per heavy atom. The van der Waals surface area contributed by atoms with Crippen molar-refractivity contribution in [3.8, 4) is 29.0 Å². The van der Waals surface area contributed by atoms with Crippen LogP contribution in [0, 0.1) is 11.8 Å². The van der Waals surface area contributed by atoms with Crippen LogP contribution in [0.5, 0.6) is 11.5 Å². The van der Waals surface area contributed by atoms with E-state index in [-0.39, 0.29) is 6.79 Å². The molecule has 5 aromatic rings. The molecule has 0 aliphatic carbocycles. The highest BCUT2D eigenvalue weighted by molar-refractivity contribution is 6.03.